The SMILES string of the molecule is CN1CCN(C2=NC(Nc3cc4ccc(-c5c(Cl)cccc5Cl)cc4cn3)C=CN2)CC1. The molecule has 1 unspecified atom stereocenters. The van der Waals surface area contributed by atoms with Gasteiger partial charge in [0.15, 0.2) is 5.96 Å². The zero-order chi connectivity index (χ0) is 22.1. The summed E-state index contributed by atoms with van der Waals surface area (Å²) in [6.07, 6.45) is 5.63. The highest BCUT2D eigenvalue weighted by molar-refractivity contribution is 6.39. The number of likely N-dealkylation sites (N-methyl/N-ethyl adjacent to an activating group) is 1. The largest absolute Gasteiger partial charge is 0.345 e. The highest BCUT2D eigenvalue weighted by atomic mass is 35.5. The molecule has 2 aromatic carbocycles. The average Bonchev–Trinajstić information content (AvgIpc) is 2.80. The van der Waals surface area contributed by atoms with Crippen molar-refractivity contribution in [1.82, 2.24) is 20.1 Å². The van der Waals surface area contributed by atoms with E-state index in [-0.39, 0.29) is 6.17 Å². The van der Waals surface area contributed by atoms with Gasteiger partial charge in [-0.25, -0.2) is 9.98 Å². The molecule has 0 saturated carbocycles. The molecule has 1 atom stereocenters. The van der Waals surface area contributed by atoms with Crippen molar-refractivity contribution in [2.75, 3.05) is 38.5 Å². The molecule has 1 aromatic heterocycles. The van der Waals surface area contributed by atoms with Crippen molar-refractivity contribution >= 4 is 45.8 Å². The highest BCUT2D eigenvalue weighted by Crippen LogP contribution is 2.36. The number of nitrogens with one attached hydrogen (secondary N) is 2. The summed E-state index contributed by atoms with van der Waals surface area (Å²) in [7, 11) is 2.15. The van der Waals surface area contributed by atoms with Crippen LogP contribution in [0.3, 0.4) is 0 Å². The molecule has 2 N–H and O–H groups in total. The average molecular weight is 467 g/mol. The number of nitrogens with zero attached hydrogens (tertiary/aromatic N) is 4. The van der Waals surface area contributed by atoms with Crippen LogP contribution < -0.4 is 10.6 Å². The maximum absolute atomic E-state index is 6.38. The number of aliphatic imine (C=N–C) groups is 1. The molecule has 0 bridgehead atoms. The molecule has 3 heterocycles. The Labute approximate surface area is 197 Å². The van der Waals surface area contributed by atoms with Gasteiger partial charge in [-0.15, -0.1) is 0 Å². The Morgan fingerprint density at radius 2 is 1.78 bits per heavy atom. The Hall–Kier alpha value is -2.80. The van der Waals surface area contributed by atoms with Crippen LogP contribution in [0.2, 0.25) is 10.0 Å². The maximum Gasteiger partial charge on any atom is 0.200 e. The molecular formula is C24H24Cl2N6. The molecule has 164 valence electrons. The molecule has 6 nitrogen and oxygen atoms in total. The first kappa shape index (κ1) is 21.1. The first-order chi connectivity index (χ1) is 15.6. The van der Waals surface area contributed by atoms with E-state index in [1.54, 1.807) is 0 Å². The molecule has 8 heteroatoms. The number of aromatic nitrogens is 1. The van der Waals surface area contributed by atoms with Gasteiger partial charge in [0.2, 0.25) is 0 Å². The Kier molecular flexibility index (Phi) is 5.91. The summed E-state index contributed by atoms with van der Waals surface area (Å²) in [4.78, 5) is 14.0. The number of halogens is 2. The molecule has 5 rings (SSSR count). The number of rotatable bonds is 3. The van der Waals surface area contributed by atoms with Gasteiger partial charge in [-0.2, -0.15) is 0 Å². The fourth-order valence-electron chi connectivity index (χ4n) is 4.00. The lowest BCUT2D eigenvalue weighted by Crippen LogP contribution is -2.51. The van der Waals surface area contributed by atoms with Gasteiger partial charge in [-0.3, -0.25) is 0 Å². The first-order valence-corrected chi connectivity index (χ1v) is 11.4. The standard InChI is InChI=1S/C24H24Cl2N6/c1-31-9-11-32(12-10-31)24-27-8-7-21(30-24)29-22-14-16-5-6-17(13-18(16)15-28-22)23-19(25)3-2-4-20(23)26/h2-8,13-15,21H,9-12H2,1H3,(H,27,30)(H,28,29). The van der Waals surface area contributed by atoms with Crippen molar-refractivity contribution in [2.24, 2.45) is 4.99 Å². The summed E-state index contributed by atoms with van der Waals surface area (Å²) in [6, 6.07) is 13.7. The van der Waals surface area contributed by atoms with E-state index in [1.807, 2.05) is 48.8 Å². The maximum atomic E-state index is 6.38. The molecule has 3 aromatic rings. The fourth-order valence-corrected chi connectivity index (χ4v) is 4.61. The van der Waals surface area contributed by atoms with Crippen LogP contribution in [-0.4, -0.2) is 60.1 Å². The van der Waals surface area contributed by atoms with E-state index in [1.165, 1.54) is 0 Å². The molecule has 2 aliphatic heterocycles. The quantitative estimate of drug-likeness (QED) is 0.587. The van der Waals surface area contributed by atoms with Crippen LogP contribution in [0.4, 0.5) is 5.82 Å². The van der Waals surface area contributed by atoms with Gasteiger partial charge in [0.1, 0.15) is 12.0 Å². The van der Waals surface area contributed by atoms with Gasteiger partial charge in [-0.05, 0) is 48.3 Å². The third kappa shape index (κ3) is 4.39. The number of piperazine rings is 1. The van der Waals surface area contributed by atoms with Gasteiger partial charge in [-0.1, -0.05) is 41.4 Å². The van der Waals surface area contributed by atoms with Crippen LogP contribution in [0.25, 0.3) is 21.9 Å². The summed E-state index contributed by atoms with van der Waals surface area (Å²) >= 11 is 12.8. The second-order valence-corrected chi connectivity index (χ2v) is 8.88. The molecule has 0 radical (unpaired) electrons. The number of guanidine groups is 1. The third-order valence-electron chi connectivity index (χ3n) is 5.82. The van der Waals surface area contributed by atoms with E-state index in [9.17, 15) is 0 Å². The van der Waals surface area contributed by atoms with E-state index in [0.29, 0.717) is 10.0 Å². The number of hydrogen-bond acceptors (Lipinski definition) is 6. The van der Waals surface area contributed by atoms with E-state index in [4.69, 9.17) is 28.2 Å². The Balaban J connectivity index is 1.35. The van der Waals surface area contributed by atoms with Crippen molar-refractivity contribution < 1.29 is 0 Å². The number of pyridine rings is 1. The number of fused-ring (bicyclic) bond motifs is 1. The van der Waals surface area contributed by atoms with Gasteiger partial charge < -0.3 is 20.4 Å². The van der Waals surface area contributed by atoms with Gasteiger partial charge in [0, 0.05) is 59.6 Å². The summed E-state index contributed by atoms with van der Waals surface area (Å²) in [5.74, 6) is 1.68. The third-order valence-corrected chi connectivity index (χ3v) is 6.45. The predicted molar refractivity (Wildman–Crippen MR) is 133 cm³/mol. The summed E-state index contributed by atoms with van der Waals surface area (Å²) in [6.45, 7) is 4.01. The smallest absolute Gasteiger partial charge is 0.200 e. The highest BCUT2D eigenvalue weighted by Gasteiger charge is 2.20. The Morgan fingerprint density at radius 3 is 2.56 bits per heavy atom. The molecule has 1 fully saturated rings. The molecular weight excluding hydrogens is 443 g/mol. The monoisotopic (exact) mass is 466 g/mol. The minimum Gasteiger partial charge on any atom is -0.345 e. The normalized spacial score (nSPS) is 19.0. The van der Waals surface area contributed by atoms with Gasteiger partial charge in [0.05, 0.1) is 0 Å². The second-order valence-electron chi connectivity index (χ2n) is 8.06. The van der Waals surface area contributed by atoms with Crippen LogP contribution in [0, 0.1) is 0 Å². The lowest BCUT2D eigenvalue weighted by Gasteiger charge is -2.35. The Bertz CT molecular complexity index is 1180. The van der Waals surface area contributed by atoms with Crippen molar-refractivity contribution in [3.05, 3.63) is 71.0 Å². The number of anilines is 1. The summed E-state index contributed by atoms with van der Waals surface area (Å²) in [5, 5.41) is 10.1. The molecule has 1 saturated heterocycles. The van der Waals surface area contributed by atoms with E-state index >= 15 is 0 Å². The summed E-state index contributed by atoms with van der Waals surface area (Å²) < 4.78 is 0. The summed E-state index contributed by atoms with van der Waals surface area (Å²) in [5.41, 5.74) is 1.81. The predicted octanol–water partition coefficient (Wildman–Crippen LogP) is 4.67. The van der Waals surface area contributed by atoms with E-state index in [2.05, 4.69) is 44.6 Å². The topological polar surface area (TPSA) is 55.8 Å². The van der Waals surface area contributed by atoms with Crippen molar-refractivity contribution in [3.63, 3.8) is 0 Å². The zero-order valence-corrected chi connectivity index (χ0v) is 19.2. The minimum absolute atomic E-state index is 0.169. The van der Waals surface area contributed by atoms with Crippen LogP contribution in [0.5, 0.6) is 0 Å². The van der Waals surface area contributed by atoms with Crippen LogP contribution in [0.1, 0.15) is 0 Å². The minimum atomic E-state index is -0.169. The van der Waals surface area contributed by atoms with Crippen LogP contribution in [0.15, 0.2) is 65.9 Å². The van der Waals surface area contributed by atoms with E-state index in [0.717, 1.165) is 59.9 Å². The lowest BCUT2D eigenvalue weighted by atomic mass is 10.0. The second kappa shape index (κ2) is 8.98. The number of benzene rings is 2. The van der Waals surface area contributed by atoms with Crippen LogP contribution >= 0.6 is 23.2 Å². The van der Waals surface area contributed by atoms with E-state index < -0.39 is 0 Å². The Morgan fingerprint density at radius 1 is 1.00 bits per heavy atom. The lowest BCUT2D eigenvalue weighted by molar-refractivity contribution is 0.212. The first-order valence-electron chi connectivity index (χ1n) is 10.6. The molecule has 2 aliphatic rings. The van der Waals surface area contributed by atoms with Gasteiger partial charge >= 0.3 is 0 Å². The number of hydrogen-bond donors (Lipinski definition) is 2. The molecule has 0 aliphatic carbocycles. The van der Waals surface area contributed by atoms with Crippen molar-refractivity contribution in [3.8, 4) is 11.1 Å². The van der Waals surface area contributed by atoms with Crippen LogP contribution in [-0.2, 0) is 0 Å². The fraction of sp³-hybridized carbons (Fsp3) is 0.250. The molecule has 0 amide bonds. The van der Waals surface area contributed by atoms with Crippen molar-refractivity contribution in [2.45, 2.75) is 6.17 Å². The molecule has 0 spiro atoms. The zero-order valence-electron chi connectivity index (χ0n) is 17.7. The van der Waals surface area contributed by atoms with Crippen molar-refractivity contribution in [1.29, 1.82) is 0 Å². The van der Waals surface area contributed by atoms with Gasteiger partial charge in [0.25, 0.3) is 0 Å². The molecule has 32 heavy (non-hydrogen) atoms.